The number of hydrogen-bond donors (Lipinski definition) is 0. The monoisotopic (exact) mass is 243 g/mol. The van der Waals surface area contributed by atoms with Crippen molar-refractivity contribution in [1.29, 1.82) is 0 Å². The molecule has 2 aromatic rings. The molecule has 0 fully saturated rings. The van der Waals surface area contributed by atoms with Crippen molar-refractivity contribution in [2.75, 3.05) is 0 Å². The van der Waals surface area contributed by atoms with Crippen LogP contribution in [0.4, 0.5) is 0 Å². The van der Waals surface area contributed by atoms with Gasteiger partial charge >= 0.3 is 0 Å². The lowest BCUT2D eigenvalue weighted by Gasteiger charge is -2.09. The Morgan fingerprint density at radius 2 is 1.83 bits per heavy atom. The van der Waals surface area contributed by atoms with E-state index in [9.17, 15) is 0 Å². The van der Waals surface area contributed by atoms with Crippen molar-refractivity contribution in [3.8, 4) is 0 Å². The van der Waals surface area contributed by atoms with Gasteiger partial charge in [0.1, 0.15) is 12.2 Å². The molecule has 0 amide bonds. The molecular weight excluding hydrogens is 222 g/mol. The lowest BCUT2D eigenvalue weighted by molar-refractivity contribution is 0.505. The van der Waals surface area contributed by atoms with Crippen LogP contribution in [0.2, 0.25) is 0 Å². The molecular formula is C15H21N3. The molecule has 0 atom stereocenters. The van der Waals surface area contributed by atoms with Gasteiger partial charge in [0.05, 0.1) is 0 Å². The third-order valence-electron chi connectivity index (χ3n) is 3.02. The summed E-state index contributed by atoms with van der Waals surface area (Å²) in [6.07, 6.45) is 3.82. The van der Waals surface area contributed by atoms with E-state index in [0.29, 0.717) is 5.92 Å². The second-order valence-corrected chi connectivity index (χ2v) is 5.28. The number of aromatic nitrogens is 3. The summed E-state index contributed by atoms with van der Waals surface area (Å²) in [7, 11) is 0. The summed E-state index contributed by atoms with van der Waals surface area (Å²) < 4.78 is 2.17. The summed E-state index contributed by atoms with van der Waals surface area (Å²) in [5, 5.41) is 8.23. The average molecular weight is 243 g/mol. The molecule has 0 spiro atoms. The van der Waals surface area contributed by atoms with Crippen molar-refractivity contribution >= 4 is 0 Å². The summed E-state index contributed by atoms with van der Waals surface area (Å²) in [5.41, 5.74) is 2.67. The van der Waals surface area contributed by atoms with Gasteiger partial charge in [0.2, 0.25) is 0 Å². The number of hydrogen-bond acceptors (Lipinski definition) is 2. The fourth-order valence-corrected chi connectivity index (χ4v) is 2.03. The van der Waals surface area contributed by atoms with Gasteiger partial charge in [-0.15, -0.1) is 10.2 Å². The third-order valence-corrected chi connectivity index (χ3v) is 3.02. The van der Waals surface area contributed by atoms with Crippen LogP contribution in [0.15, 0.2) is 30.6 Å². The molecule has 0 aliphatic carbocycles. The van der Waals surface area contributed by atoms with E-state index >= 15 is 0 Å². The number of benzene rings is 1. The van der Waals surface area contributed by atoms with E-state index in [1.54, 1.807) is 0 Å². The Morgan fingerprint density at radius 3 is 2.50 bits per heavy atom. The van der Waals surface area contributed by atoms with Gasteiger partial charge in [-0.25, -0.2) is 0 Å². The summed E-state index contributed by atoms with van der Waals surface area (Å²) in [6, 6.07) is 8.71. The van der Waals surface area contributed by atoms with Crippen molar-refractivity contribution in [1.82, 2.24) is 14.8 Å². The Hall–Kier alpha value is -1.64. The fourth-order valence-electron chi connectivity index (χ4n) is 2.03. The Kier molecular flexibility index (Phi) is 4.13. The smallest absolute Gasteiger partial charge is 0.133 e. The van der Waals surface area contributed by atoms with Crippen LogP contribution in [0.5, 0.6) is 0 Å². The van der Waals surface area contributed by atoms with Crippen molar-refractivity contribution in [2.45, 2.75) is 40.2 Å². The van der Waals surface area contributed by atoms with E-state index < -0.39 is 0 Å². The molecule has 0 saturated carbocycles. The van der Waals surface area contributed by atoms with Gasteiger partial charge in [-0.2, -0.15) is 0 Å². The first-order chi connectivity index (χ1) is 8.65. The van der Waals surface area contributed by atoms with Gasteiger partial charge in [0.15, 0.2) is 0 Å². The molecule has 1 heterocycles. The van der Waals surface area contributed by atoms with Crippen LogP contribution in [-0.4, -0.2) is 14.8 Å². The van der Waals surface area contributed by atoms with E-state index in [2.05, 4.69) is 59.8 Å². The maximum Gasteiger partial charge on any atom is 0.133 e. The minimum absolute atomic E-state index is 0.624. The molecule has 0 aliphatic rings. The summed E-state index contributed by atoms with van der Waals surface area (Å²) in [6.45, 7) is 7.53. The van der Waals surface area contributed by atoms with Crippen molar-refractivity contribution in [3.63, 3.8) is 0 Å². The van der Waals surface area contributed by atoms with Gasteiger partial charge in [-0.05, 0) is 24.8 Å². The van der Waals surface area contributed by atoms with Crippen LogP contribution in [0.25, 0.3) is 0 Å². The largest absolute Gasteiger partial charge is 0.317 e. The first-order valence-corrected chi connectivity index (χ1v) is 6.57. The van der Waals surface area contributed by atoms with Crippen LogP contribution in [0.1, 0.15) is 30.8 Å². The van der Waals surface area contributed by atoms with Crippen LogP contribution in [0.3, 0.4) is 0 Å². The molecule has 18 heavy (non-hydrogen) atoms. The van der Waals surface area contributed by atoms with Crippen LogP contribution in [0, 0.1) is 12.8 Å². The number of aryl methyl sites for hydroxylation is 3. The average Bonchev–Trinajstić information content (AvgIpc) is 2.75. The van der Waals surface area contributed by atoms with Crippen molar-refractivity contribution in [2.24, 2.45) is 5.92 Å². The first-order valence-electron chi connectivity index (χ1n) is 6.57. The predicted octanol–water partition coefficient (Wildman–Crippen LogP) is 3.03. The topological polar surface area (TPSA) is 30.7 Å². The standard InChI is InChI=1S/C15H21N3/c1-12(2)10-18-11-16-17-15(18)9-8-14-6-4-13(3)5-7-14/h4-7,11-12H,8-10H2,1-3H3. The molecule has 2 rings (SSSR count). The van der Waals surface area contributed by atoms with Gasteiger partial charge in [0.25, 0.3) is 0 Å². The molecule has 0 bridgehead atoms. The molecule has 1 aromatic heterocycles. The highest BCUT2D eigenvalue weighted by Gasteiger charge is 2.06. The quantitative estimate of drug-likeness (QED) is 0.808. The second-order valence-electron chi connectivity index (χ2n) is 5.28. The lowest BCUT2D eigenvalue weighted by atomic mass is 10.1. The lowest BCUT2D eigenvalue weighted by Crippen LogP contribution is -2.08. The zero-order chi connectivity index (χ0) is 13.0. The molecule has 0 saturated heterocycles. The minimum atomic E-state index is 0.624. The maximum absolute atomic E-state index is 4.21. The van der Waals surface area contributed by atoms with Crippen LogP contribution < -0.4 is 0 Å². The highest BCUT2D eigenvalue weighted by molar-refractivity contribution is 5.21. The minimum Gasteiger partial charge on any atom is -0.317 e. The summed E-state index contributed by atoms with van der Waals surface area (Å²) in [5.74, 6) is 1.71. The summed E-state index contributed by atoms with van der Waals surface area (Å²) in [4.78, 5) is 0. The molecule has 96 valence electrons. The van der Waals surface area contributed by atoms with Gasteiger partial charge in [-0.1, -0.05) is 43.7 Å². The first kappa shape index (κ1) is 12.8. The molecule has 3 heteroatoms. The zero-order valence-corrected chi connectivity index (χ0v) is 11.4. The van der Waals surface area contributed by atoms with E-state index in [4.69, 9.17) is 0 Å². The Labute approximate surface area is 109 Å². The van der Waals surface area contributed by atoms with Crippen LogP contribution in [-0.2, 0) is 19.4 Å². The SMILES string of the molecule is Cc1ccc(CCc2nncn2CC(C)C)cc1. The highest BCUT2D eigenvalue weighted by atomic mass is 15.3. The van der Waals surface area contributed by atoms with E-state index in [1.165, 1.54) is 11.1 Å². The third kappa shape index (κ3) is 3.42. The molecule has 3 nitrogen and oxygen atoms in total. The van der Waals surface area contributed by atoms with Crippen molar-refractivity contribution < 1.29 is 0 Å². The Balaban J connectivity index is 1.97. The molecule has 0 N–H and O–H groups in total. The number of nitrogens with zero attached hydrogens (tertiary/aromatic N) is 3. The van der Waals surface area contributed by atoms with Gasteiger partial charge in [0, 0.05) is 13.0 Å². The van der Waals surface area contributed by atoms with E-state index in [0.717, 1.165) is 25.2 Å². The Bertz CT molecular complexity index is 483. The van der Waals surface area contributed by atoms with E-state index in [1.807, 2.05) is 6.33 Å². The van der Waals surface area contributed by atoms with Crippen molar-refractivity contribution in [3.05, 3.63) is 47.5 Å². The number of rotatable bonds is 5. The van der Waals surface area contributed by atoms with E-state index in [-0.39, 0.29) is 0 Å². The van der Waals surface area contributed by atoms with Gasteiger partial charge < -0.3 is 4.57 Å². The molecule has 0 aliphatic heterocycles. The Morgan fingerprint density at radius 1 is 1.11 bits per heavy atom. The zero-order valence-electron chi connectivity index (χ0n) is 11.4. The maximum atomic E-state index is 4.21. The van der Waals surface area contributed by atoms with Gasteiger partial charge in [-0.3, -0.25) is 0 Å². The molecule has 0 unspecified atom stereocenters. The molecule has 1 aromatic carbocycles. The summed E-state index contributed by atoms with van der Waals surface area (Å²) >= 11 is 0. The normalized spacial score (nSPS) is 11.1. The fraction of sp³-hybridized carbons (Fsp3) is 0.467. The second kappa shape index (κ2) is 5.80. The molecule has 0 radical (unpaired) electrons. The highest BCUT2D eigenvalue weighted by Crippen LogP contribution is 2.08. The predicted molar refractivity (Wildman–Crippen MR) is 73.4 cm³/mol. The van der Waals surface area contributed by atoms with Crippen LogP contribution >= 0.6 is 0 Å².